The van der Waals surface area contributed by atoms with Gasteiger partial charge >= 0.3 is 6.18 Å². The van der Waals surface area contributed by atoms with Gasteiger partial charge in [0.15, 0.2) is 0 Å². The molecule has 1 aliphatic rings. The molecule has 0 spiro atoms. The van der Waals surface area contributed by atoms with Crippen LogP contribution in [0.15, 0.2) is 12.1 Å². The molecule has 0 radical (unpaired) electrons. The van der Waals surface area contributed by atoms with Crippen LogP contribution in [0.5, 0.6) is 0 Å². The van der Waals surface area contributed by atoms with Gasteiger partial charge in [0.1, 0.15) is 6.54 Å². The van der Waals surface area contributed by atoms with Gasteiger partial charge in [-0.15, -0.1) is 11.3 Å². The Hall–Kier alpha value is -1.08. The van der Waals surface area contributed by atoms with Crippen LogP contribution in [0, 0.1) is 5.41 Å². The second-order valence-corrected chi connectivity index (χ2v) is 8.30. The molecule has 3 nitrogen and oxygen atoms in total. The summed E-state index contributed by atoms with van der Waals surface area (Å²) in [6.45, 7) is 7.26. The predicted octanol–water partition coefficient (Wildman–Crippen LogP) is 4.22. The number of likely N-dealkylation sites (tertiary alicyclic amines) is 1. The number of thiophene rings is 1. The average Bonchev–Trinajstić information content (AvgIpc) is 3.01. The van der Waals surface area contributed by atoms with Crippen molar-refractivity contribution in [3.05, 3.63) is 21.9 Å². The van der Waals surface area contributed by atoms with Crippen molar-refractivity contribution in [3.63, 3.8) is 0 Å². The summed E-state index contributed by atoms with van der Waals surface area (Å²) in [5, 5.41) is 1.93. The molecule has 2 rings (SSSR count). The number of rotatable bonds is 4. The van der Waals surface area contributed by atoms with E-state index in [1.54, 1.807) is 6.07 Å². The van der Waals surface area contributed by atoms with Crippen LogP contribution in [0.25, 0.3) is 0 Å². The Morgan fingerprint density at radius 3 is 2.65 bits per heavy atom. The third-order valence-electron chi connectivity index (χ3n) is 3.67. The number of carbonyl (C=O) groups is 1. The van der Waals surface area contributed by atoms with Gasteiger partial charge in [0.05, 0.1) is 4.88 Å². The zero-order valence-electron chi connectivity index (χ0n) is 13.7. The standard InChI is InChI=1S/C16H23F3N2OS/c1-15(2,3)10-21-8-4-5-11(21)12-6-7-13(23-12)14(22)20-9-16(17,18)19/h6-7,11H,4-5,8-10H2,1-3H3,(H,20,22)/t11-/m1/s1. The Morgan fingerprint density at radius 2 is 2.04 bits per heavy atom. The molecule has 1 saturated heterocycles. The Kier molecular flexibility index (Phi) is 5.41. The molecule has 1 aromatic rings. The second kappa shape index (κ2) is 6.81. The van der Waals surface area contributed by atoms with Crippen LogP contribution >= 0.6 is 11.3 Å². The van der Waals surface area contributed by atoms with Crippen molar-refractivity contribution < 1.29 is 18.0 Å². The first-order valence-corrected chi connectivity index (χ1v) is 8.55. The minimum atomic E-state index is -4.38. The molecular formula is C16H23F3N2OS. The third-order valence-corrected chi connectivity index (χ3v) is 4.85. The maximum absolute atomic E-state index is 12.2. The molecule has 23 heavy (non-hydrogen) atoms. The van der Waals surface area contributed by atoms with Gasteiger partial charge in [0, 0.05) is 17.5 Å². The topological polar surface area (TPSA) is 32.3 Å². The van der Waals surface area contributed by atoms with Gasteiger partial charge in [-0.3, -0.25) is 9.69 Å². The Morgan fingerprint density at radius 1 is 1.35 bits per heavy atom. The highest BCUT2D eigenvalue weighted by atomic mass is 32.1. The van der Waals surface area contributed by atoms with Crippen LogP contribution in [0.3, 0.4) is 0 Å². The highest BCUT2D eigenvalue weighted by Crippen LogP contribution is 2.37. The number of hydrogen-bond acceptors (Lipinski definition) is 3. The molecule has 130 valence electrons. The Labute approximate surface area is 138 Å². The van der Waals surface area contributed by atoms with E-state index in [4.69, 9.17) is 0 Å². The van der Waals surface area contributed by atoms with Gasteiger partial charge in [-0.2, -0.15) is 13.2 Å². The van der Waals surface area contributed by atoms with Crippen molar-refractivity contribution >= 4 is 17.2 Å². The lowest BCUT2D eigenvalue weighted by atomic mass is 9.95. The van der Waals surface area contributed by atoms with Gasteiger partial charge in [0.25, 0.3) is 5.91 Å². The zero-order valence-corrected chi connectivity index (χ0v) is 14.5. The van der Waals surface area contributed by atoms with Crippen molar-refractivity contribution in [3.8, 4) is 0 Å². The van der Waals surface area contributed by atoms with Gasteiger partial charge < -0.3 is 5.32 Å². The highest BCUT2D eigenvalue weighted by Gasteiger charge is 2.31. The van der Waals surface area contributed by atoms with Gasteiger partial charge in [-0.05, 0) is 36.9 Å². The van der Waals surface area contributed by atoms with Crippen LogP contribution in [0.1, 0.15) is 54.2 Å². The molecule has 1 fully saturated rings. The number of halogens is 3. The van der Waals surface area contributed by atoms with Crippen molar-refractivity contribution in [1.29, 1.82) is 0 Å². The number of nitrogens with zero attached hydrogens (tertiary/aromatic N) is 1. The first kappa shape index (κ1) is 18.3. The van der Waals surface area contributed by atoms with Crippen LogP contribution in [-0.2, 0) is 0 Å². The molecule has 0 aromatic carbocycles. The summed E-state index contributed by atoms with van der Waals surface area (Å²) >= 11 is 1.30. The second-order valence-electron chi connectivity index (χ2n) is 7.19. The number of nitrogens with one attached hydrogen (secondary N) is 1. The van der Waals surface area contributed by atoms with Crippen LogP contribution in [0.4, 0.5) is 13.2 Å². The van der Waals surface area contributed by atoms with Crippen molar-refractivity contribution in [2.24, 2.45) is 5.41 Å². The summed E-state index contributed by atoms with van der Waals surface area (Å²) in [6.07, 6.45) is -2.25. The number of hydrogen-bond donors (Lipinski definition) is 1. The number of alkyl halides is 3. The molecule has 0 unspecified atom stereocenters. The lowest BCUT2D eigenvalue weighted by Crippen LogP contribution is -2.33. The van der Waals surface area contributed by atoms with Gasteiger partial charge in [0.2, 0.25) is 0 Å². The van der Waals surface area contributed by atoms with Crippen molar-refractivity contribution in [1.82, 2.24) is 10.2 Å². The van der Waals surface area contributed by atoms with E-state index in [2.05, 4.69) is 25.7 Å². The fourth-order valence-corrected chi connectivity index (χ4v) is 3.96. The van der Waals surface area contributed by atoms with E-state index in [0.717, 1.165) is 30.8 Å². The summed E-state index contributed by atoms with van der Waals surface area (Å²) in [5.74, 6) is -0.654. The first-order chi connectivity index (χ1) is 10.6. The minimum absolute atomic E-state index is 0.187. The number of amides is 1. The Bertz CT molecular complexity index is 548. The smallest absolute Gasteiger partial charge is 0.342 e. The number of carbonyl (C=O) groups excluding carboxylic acids is 1. The largest absolute Gasteiger partial charge is 0.405 e. The molecule has 1 amide bonds. The zero-order chi connectivity index (χ0) is 17.3. The lowest BCUT2D eigenvalue weighted by molar-refractivity contribution is -0.123. The lowest BCUT2D eigenvalue weighted by Gasteiger charge is -2.30. The van der Waals surface area contributed by atoms with E-state index in [-0.39, 0.29) is 11.5 Å². The van der Waals surface area contributed by atoms with E-state index < -0.39 is 18.6 Å². The summed E-state index contributed by atoms with van der Waals surface area (Å²) in [7, 11) is 0. The maximum Gasteiger partial charge on any atom is 0.405 e. The molecule has 1 N–H and O–H groups in total. The van der Waals surface area contributed by atoms with Crippen molar-refractivity contribution in [2.75, 3.05) is 19.6 Å². The maximum atomic E-state index is 12.2. The summed E-state index contributed by atoms with van der Waals surface area (Å²) in [5.41, 5.74) is 0.187. The SMILES string of the molecule is CC(C)(C)CN1CCC[C@@H]1c1ccc(C(=O)NCC(F)(F)F)s1. The summed E-state index contributed by atoms with van der Waals surface area (Å²) < 4.78 is 36.5. The van der Waals surface area contributed by atoms with Gasteiger partial charge in [-0.1, -0.05) is 20.8 Å². The molecule has 0 aliphatic carbocycles. The third kappa shape index (κ3) is 5.49. The first-order valence-electron chi connectivity index (χ1n) is 7.74. The normalized spacial score (nSPS) is 20.0. The fraction of sp³-hybridized carbons (Fsp3) is 0.688. The molecule has 2 heterocycles. The molecule has 1 aliphatic heterocycles. The fourth-order valence-electron chi connectivity index (χ4n) is 2.87. The summed E-state index contributed by atoms with van der Waals surface area (Å²) in [4.78, 5) is 15.6. The van der Waals surface area contributed by atoms with Crippen LogP contribution in [-0.4, -0.2) is 36.6 Å². The van der Waals surface area contributed by atoms with E-state index in [1.165, 1.54) is 11.3 Å². The van der Waals surface area contributed by atoms with Crippen LogP contribution in [0.2, 0.25) is 0 Å². The minimum Gasteiger partial charge on any atom is -0.342 e. The molecule has 0 saturated carbocycles. The predicted molar refractivity (Wildman–Crippen MR) is 85.7 cm³/mol. The molecular weight excluding hydrogens is 325 g/mol. The van der Waals surface area contributed by atoms with E-state index in [0.29, 0.717) is 4.88 Å². The molecule has 1 aromatic heterocycles. The van der Waals surface area contributed by atoms with E-state index in [1.807, 2.05) is 11.4 Å². The van der Waals surface area contributed by atoms with Gasteiger partial charge in [-0.25, -0.2) is 0 Å². The quantitative estimate of drug-likeness (QED) is 0.883. The van der Waals surface area contributed by atoms with E-state index >= 15 is 0 Å². The van der Waals surface area contributed by atoms with E-state index in [9.17, 15) is 18.0 Å². The molecule has 1 atom stereocenters. The summed E-state index contributed by atoms with van der Waals surface area (Å²) in [6, 6.07) is 3.77. The van der Waals surface area contributed by atoms with Crippen molar-refractivity contribution in [2.45, 2.75) is 45.8 Å². The monoisotopic (exact) mass is 348 g/mol. The molecule has 0 bridgehead atoms. The molecule has 7 heteroatoms. The van der Waals surface area contributed by atoms with Crippen LogP contribution < -0.4 is 5.32 Å². The Balaban J connectivity index is 2.02. The highest BCUT2D eigenvalue weighted by molar-refractivity contribution is 7.14. The average molecular weight is 348 g/mol.